The van der Waals surface area contributed by atoms with E-state index in [1.165, 1.54) is 18.4 Å². The monoisotopic (exact) mass is 426 g/mol. The van der Waals surface area contributed by atoms with Gasteiger partial charge in [-0.1, -0.05) is 52.2 Å². The molecule has 6 heteroatoms. The average Bonchev–Trinajstić information content (AvgIpc) is 2.77. The number of rotatable bonds is 11. The average molecular weight is 427 g/mol. The molecule has 0 radical (unpaired) electrons. The molecular weight excluding hydrogens is 392 g/mol. The molecule has 0 aliphatic heterocycles. The Balaban J connectivity index is 1.75. The van der Waals surface area contributed by atoms with Gasteiger partial charge in [-0.15, -0.1) is 0 Å². The number of hydrazine groups is 1. The molecule has 31 heavy (non-hydrogen) atoms. The SMILES string of the molecule is CCCCCCOc1ccc(C(=O)NNC(=O)C(C)Oc2ccc(C(C)C)cc2)cc1. The van der Waals surface area contributed by atoms with Gasteiger partial charge in [0.25, 0.3) is 11.8 Å². The molecule has 168 valence electrons. The molecule has 2 aromatic rings. The first-order valence-electron chi connectivity index (χ1n) is 11.0. The van der Waals surface area contributed by atoms with Gasteiger partial charge in [-0.05, 0) is 61.2 Å². The Morgan fingerprint density at radius 2 is 1.48 bits per heavy atom. The standard InChI is InChI=1S/C25H34N2O4/c1-5-6-7-8-17-30-22-13-11-21(12-14-22)25(29)27-26-24(28)19(4)31-23-15-9-20(10-16-23)18(2)3/h9-16,18-19H,5-8,17H2,1-4H3,(H,26,28)(H,27,29). The lowest BCUT2D eigenvalue weighted by Gasteiger charge is -2.16. The molecule has 2 rings (SSSR count). The number of ether oxygens (including phenoxy) is 2. The van der Waals surface area contributed by atoms with Gasteiger partial charge in [-0.25, -0.2) is 0 Å². The maximum Gasteiger partial charge on any atom is 0.279 e. The normalized spacial score (nSPS) is 11.6. The fourth-order valence-electron chi connectivity index (χ4n) is 2.90. The van der Waals surface area contributed by atoms with Crippen molar-refractivity contribution in [2.45, 2.75) is 65.4 Å². The zero-order valence-electron chi connectivity index (χ0n) is 18.9. The van der Waals surface area contributed by atoms with Gasteiger partial charge in [0.05, 0.1) is 6.61 Å². The minimum Gasteiger partial charge on any atom is -0.494 e. The van der Waals surface area contributed by atoms with E-state index in [1.807, 2.05) is 24.3 Å². The summed E-state index contributed by atoms with van der Waals surface area (Å²) in [6, 6.07) is 14.5. The maximum atomic E-state index is 12.3. The molecule has 0 aliphatic carbocycles. The summed E-state index contributed by atoms with van der Waals surface area (Å²) in [7, 11) is 0. The predicted octanol–water partition coefficient (Wildman–Crippen LogP) is 5.00. The third-order valence-corrected chi connectivity index (χ3v) is 4.91. The van der Waals surface area contributed by atoms with Crippen LogP contribution in [0.5, 0.6) is 11.5 Å². The molecule has 0 aliphatic rings. The molecule has 1 atom stereocenters. The van der Waals surface area contributed by atoms with E-state index in [0.29, 0.717) is 23.8 Å². The molecule has 1 unspecified atom stereocenters. The first-order chi connectivity index (χ1) is 14.9. The highest BCUT2D eigenvalue weighted by atomic mass is 16.5. The number of nitrogens with one attached hydrogen (secondary N) is 2. The molecule has 2 amide bonds. The quantitative estimate of drug-likeness (QED) is 0.392. The number of carbonyl (C=O) groups excluding carboxylic acids is 2. The molecule has 0 aromatic heterocycles. The van der Waals surface area contributed by atoms with Crippen LogP contribution < -0.4 is 20.3 Å². The van der Waals surface area contributed by atoms with Crippen molar-refractivity contribution in [3.63, 3.8) is 0 Å². The van der Waals surface area contributed by atoms with E-state index >= 15 is 0 Å². The molecular formula is C25H34N2O4. The molecule has 0 spiro atoms. The number of unbranched alkanes of at least 4 members (excludes halogenated alkanes) is 3. The van der Waals surface area contributed by atoms with Crippen LogP contribution in [0.25, 0.3) is 0 Å². The van der Waals surface area contributed by atoms with Gasteiger partial charge < -0.3 is 9.47 Å². The highest BCUT2D eigenvalue weighted by molar-refractivity contribution is 5.95. The van der Waals surface area contributed by atoms with Crippen LogP contribution in [0.15, 0.2) is 48.5 Å². The van der Waals surface area contributed by atoms with Crippen molar-refractivity contribution in [3.05, 3.63) is 59.7 Å². The van der Waals surface area contributed by atoms with Crippen LogP contribution in [0.2, 0.25) is 0 Å². The molecule has 6 nitrogen and oxygen atoms in total. The van der Waals surface area contributed by atoms with E-state index in [2.05, 4.69) is 31.6 Å². The minimum atomic E-state index is -0.756. The third-order valence-electron chi connectivity index (χ3n) is 4.91. The molecule has 2 N–H and O–H groups in total. The van der Waals surface area contributed by atoms with Crippen LogP contribution in [0, 0.1) is 0 Å². The fourth-order valence-corrected chi connectivity index (χ4v) is 2.90. The Kier molecular flexibility index (Phi) is 9.88. The Morgan fingerprint density at radius 3 is 2.10 bits per heavy atom. The second-order valence-corrected chi connectivity index (χ2v) is 7.86. The smallest absolute Gasteiger partial charge is 0.279 e. The number of hydrogen-bond donors (Lipinski definition) is 2. The molecule has 0 heterocycles. The summed E-state index contributed by atoms with van der Waals surface area (Å²) in [4.78, 5) is 24.5. The van der Waals surface area contributed by atoms with E-state index in [1.54, 1.807) is 31.2 Å². The Bertz CT molecular complexity index is 816. The summed E-state index contributed by atoms with van der Waals surface area (Å²) >= 11 is 0. The van der Waals surface area contributed by atoms with Gasteiger partial charge in [0.15, 0.2) is 6.10 Å². The zero-order valence-corrected chi connectivity index (χ0v) is 18.9. The number of amides is 2. The van der Waals surface area contributed by atoms with E-state index in [9.17, 15) is 9.59 Å². The van der Waals surface area contributed by atoms with Crippen molar-refractivity contribution < 1.29 is 19.1 Å². The summed E-state index contributed by atoms with van der Waals surface area (Å²) in [5, 5.41) is 0. The topological polar surface area (TPSA) is 76.7 Å². The second-order valence-electron chi connectivity index (χ2n) is 7.86. The van der Waals surface area contributed by atoms with Crippen LogP contribution >= 0.6 is 0 Å². The summed E-state index contributed by atoms with van der Waals surface area (Å²) in [6.45, 7) is 8.70. The summed E-state index contributed by atoms with van der Waals surface area (Å²) < 4.78 is 11.3. The Morgan fingerprint density at radius 1 is 0.839 bits per heavy atom. The Labute approximate surface area is 185 Å². The zero-order chi connectivity index (χ0) is 22.6. The van der Waals surface area contributed by atoms with Gasteiger partial charge in [0.2, 0.25) is 0 Å². The van der Waals surface area contributed by atoms with Crippen LogP contribution in [0.1, 0.15) is 75.2 Å². The summed E-state index contributed by atoms with van der Waals surface area (Å²) in [5.41, 5.74) is 6.45. The summed E-state index contributed by atoms with van der Waals surface area (Å²) in [6.07, 6.45) is 3.82. The maximum absolute atomic E-state index is 12.3. The molecule has 0 saturated carbocycles. The van der Waals surface area contributed by atoms with E-state index in [0.717, 1.165) is 18.6 Å². The third kappa shape index (κ3) is 8.32. The van der Waals surface area contributed by atoms with E-state index < -0.39 is 17.9 Å². The lowest BCUT2D eigenvalue weighted by Crippen LogP contribution is -2.47. The van der Waals surface area contributed by atoms with Gasteiger partial charge in [0, 0.05) is 5.56 Å². The van der Waals surface area contributed by atoms with Crippen molar-refractivity contribution in [1.29, 1.82) is 0 Å². The first-order valence-corrected chi connectivity index (χ1v) is 11.0. The van der Waals surface area contributed by atoms with E-state index in [-0.39, 0.29) is 0 Å². The van der Waals surface area contributed by atoms with Gasteiger partial charge >= 0.3 is 0 Å². The molecule has 0 fully saturated rings. The largest absolute Gasteiger partial charge is 0.494 e. The number of benzene rings is 2. The fraction of sp³-hybridized carbons (Fsp3) is 0.440. The number of hydrogen-bond acceptors (Lipinski definition) is 4. The summed E-state index contributed by atoms with van der Waals surface area (Å²) in [5.74, 6) is 0.910. The first kappa shape index (κ1) is 24.3. The van der Waals surface area contributed by atoms with Gasteiger partial charge in [0.1, 0.15) is 11.5 Å². The second kappa shape index (κ2) is 12.6. The van der Waals surface area contributed by atoms with E-state index in [4.69, 9.17) is 9.47 Å². The Hall–Kier alpha value is -3.02. The molecule has 0 bridgehead atoms. The van der Waals surface area contributed by atoms with Crippen molar-refractivity contribution in [2.75, 3.05) is 6.61 Å². The number of carbonyl (C=O) groups is 2. The minimum absolute atomic E-state index is 0.406. The van der Waals surface area contributed by atoms with Crippen molar-refractivity contribution in [2.24, 2.45) is 0 Å². The van der Waals surface area contributed by atoms with Crippen LogP contribution in [0.3, 0.4) is 0 Å². The lowest BCUT2D eigenvalue weighted by atomic mass is 10.0. The van der Waals surface area contributed by atoms with Gasteiger partial charge in [-0.2, -0.15) is 0 Å². The molecule has 0 saturated heterocycles. The van der Waals surface area contributed by atoms with Crippen LogP contribution in [-0.2, 0) is 4.79 Å². The van der Waals surface area contributed by atoms with Crippen LogP contribution in [-0.4, -0.2) is 24.5 Å². The van der Waals surface area contributed by atoms with Gasteiger partial charge in [-0.3, -0.25) is 20.4 Å². The van der Waals surface area contributed by atoms with Crippen molar-refractivity contribution in [1.82, 2.24) is 10.9 Å². The highest BCUT2D eigenvalue weighted by Gasteiger charge is 2.16. The predicted molar refractivity (Wildman–Crippen MR) is 122 cm³/mol. The lowest BCUT2D eigenvalue weighted by molar-refractivity contribution is -0.128. The molecule has 2 aromatic carbocycles. The highest BCUT2D eigenvalue weighted by Crippen LogP contribution is 2.19. The van der Waals surface area contributed by atoms with Crippen molar-refractivity contribution in [3.8, 4) is 11.5 Å². The van der Waals surface area contributed by atoms with Crippen LogP contribution in [0.4, 0.5) is 0 Å². The van der Waals surface area contributed by atoms with Crippen molar-refractivity contribution >= 4 is 11.8 Å².